The van der Waals surface area contributed by atoms with Gasteiger partial charge in [0, 0.05) is 30.3 Å². The van der Waals surface area contributed by atoms with Crippen molar-refractivity contribution < 1.29 is 28.7 Å². The van der Waals surface area contributed by atoms with E-state index in [9.17, 15) is 18.8 Å². The molecule has 0 spiro atoms. The molecule has 1 aromatic carbocycles. The summed E-state index contributed by atoms with van der Waals surface area (Å²) in [6.45, 7) is 4.17. The lowest BCUT2D eigenvalue weighted by molar-refractivity contribution is -0.152. The number of aliphatic carboxylic acids is 1. The summed E-state index contributed by atoms with van der Waals surface area (Å²) in [5.74, 6) is -3.36. The van der Waals surface area contributed by atoms with E-state index in [2.05, 4.69) is 16.5 Å². The van der Waals surface area contributed by atoms with Crippen LogP contribution in [0.1, 0.15) is 37.9 Å². The van der Waals surface area contributed by atoms with Gasteiger partial charge in [0.05, 0.1) is 12.1 Å². The molecule has 0 radical (unpaired) electrons. The highest BCUT2D eigenvalue weighted by atomic mass is 19.1. The maximum absolute atomic E-state index is 13.1. The summed E-state index contributed by atoms with van der Waals surface area (Å²) in [7, 11) is 1.90. The fourth-order valence-electron chi connectivity index (χ4n) is 3.82. The first-order chi connectivity index (χ1) is 14.6. The largest absolute Gasteiger partial charge is 0.481 e. The van der Waals surface area contributed by atoms with E-state index in [-0.39, 0.29) is 12.3 Å². The summed E-state index contributed by atoms with van der Waals surface area (Å²) in [5.41, 5.74) is 2.04. The summed E-state index contributed by atoms with van der Waals surface area (Å²) < 4.78 is 14.8. The fourth-order valence-corrected chi connectivity index (χ4v) is 3.82. The molecule has 2 N–H and O–H groups in total. The molecule has 2 heterocycles. The number of aryl methyl sites for hydroxylation is 2. The number of halogens is 1. The number of carbonyl (C=O) groups is 3. The minimum Gasteiger partial charge on any atom is -0.481 e. The van der Waals surface area contributed by atoms with Crippen molar-refractivity contribution in [1.82, 2.24) is 9.88 Å². The number of hydrogen-bond donors (Lipinski definition) is 2. The third-order valence-electron chi connectivity index (χ3n) is 5.76. The van der Waals surface area contributed by atoms with Crippen LogP contribution in [0.15, 0.2) is 29.4 Å². The van der Waals surface area contributed by atoms with Crippen LogP contribution in [0, 0.1) is 12.8 Å². The molecule has 0 fully saturated rings. The molecule has 3 rings (SSSR count). The quantitative estimate of drug-likeness (QED) is 0.667. The standard InChI is InChI=1S/C22H26FN3O5/c1-12(2)22(21(30)24-15(9-20(28)29)19(27)11-23)10-16(25-31-22)18-8-14-7-13(3)5-6-17(14)26(18)4/h5-8,12,15H,9-11H2,1-4H3,(H,24,30)(H,28,29)/t15-,22?/m0/s1. The number of carbonyl (C=O) groups excluding carboxylic acids is 2. The summed E-state index contributed by atoms with van der Waals surface area (Å²) in [4.78, 5) is 41.6. The molecule has 8 nitrogen and oxygen atoms in total. The van der Waals surface area contributed by atoms with Crippen LogP contribution in [0.5, 0.6) is 0 Å². The monoisotopic (exact) mass is 431 g/mol. The van der Waals surface area contributed by atoms with Gasteiger partial charge in [-0.15, -0.1) is 0 Å². The molecular weight excluding hydrogens is 405 g/mol. The third-order valence-corrected chi connectivity index (χ3v) is 5.76. The van der Waals surface area contributed by atoms with Gasteiger partial charge in [-0.05, 0) is 25.1 Å². The molecule has 166 valence electrons. The summed E-state index contributed by atoms with van der Waals surface area (Å²) in [6, 6.07) is 6.57. The Bertz CT molecular complexity index is 1070. The van der Waals surface area contributed by atoms with E-state index >= 15 is 0 Å². The smallest absolute Gasteiger partial charge is 0.305 e. The summed E-state index contributed by atoms with van der Waals surface area (Å²) in [5, 5.41) is 16.6. The SMILES string of the molecule is Cc1ccc2c(c1)cc(C1=NOC(C(=O)N[C@@H](CC(=O)O)C(=O)CF)(C(C)C)C1)n2C. The predicted octanol–water partition coefficient (Wildman–Crippen LogP) is 2.50. The van der Waals surface area contributed by atoms with Crippen LogP contribution in [0.4, 0.5) is 4.39 Å². The number of alkyl halides is 1. The van der Waals surface area contributed by atoms with Crippen LogP contribution >= 0.6 is 0 Å². The van der Waals surface area contributed by atoms with E-state index < -0.39 is 42.4 Å². The number of carboxylic acid groups (broad SMARTS) is 1. The van der Waals surface area contributed by atoms with E-state index in [0.717, 1.165) is 22.2 Å². The van der Waals surface area contributed by atoms with Crippen molar-refractivity contribution >= 4 is 34.3 Å². The molecule has 0 saturated carbocycles. The molecule has 1 amide bonds. The van der Waals surface area contributed by atoms with Gasteiger partial charge >= 0.3 is 5.97 Å². The fraction of sp³-hybridized carbons (Fsp3) is 0.455. The highest BCUT2D eigenvalue weighted by Crippen LogP contribution is 2.35. The molecule has 0 saturated heterocycles. The summed E-state index contributed by atoms with van der Waals surface area (Å²) in [6.07, 6.45) is -0.581. The molecule has 1 unspecified atom stereocenters. The van der Waals surface area contributed by atoms with Crippen molar-refractivity contribution in [3.8, 4) is 0 Å². The second-order valence-electron chi connectivity index (χ2n) is 8.22. The number of fused-ring (bicyclic) bond motifs is 1. The number of oxime groups is 1. The first-order valence-corrected chi connectivity index (χ1v) is 10.0. The van der Waals surface area contributed by atoms with Crippen LogP contribution < -0.4 is 5.32 Å². The van der Waals surface area contributed by atoms with Gasteiger partial charge in [0.25, 0.3) is 5.91 Å². The number of nitrogens with one attached hydrogen (secondary N) is 1. The Morgan fingerprint density at radius 2 is 2.03 bits per heavy atom. The van der Waals surface area contributed by atoms with E-state index in [0.29, 0.717) is 5.71 Å². The van der Waals surface area contributed by atoms with Crippen molar-refractivity contribution in [3.05, 3.63) is 35.5 Å². The van der Waals surface area contributed by atoms with Crippen molar-refractivity contribution in [2.45, 2.75) is 45.3 Å². The Balaban J connectivity index is 1.88. The normalized spacial score (nSPS) is 19.2. The summed E-state index contributed by atoms with van der Waals surface area (Å²) >= 11 is 0. The Hall–Kier alpha value is -3.23. The van der Waals surface area contributed by atoms with E-state index in [1.54, 1.807) is 13.8 Å². The number of nitrogens with zero attached hydrogens (tertiary/aromatic N) is 2. The number of ketones is 1. The van der Waals surface area contributed by atoms with Crippen molar-refractivity contribution in [1.29, 1.82) is 0 Å². The second kappa shape index (κ2) is 8.49. The van der Waals surface area contributed by atoms with Gasteiger partial charge in [0.2, 0.25) is 5.60 Å². The topological polar surface area (TPSA) is 110 Å². The van der Waals surface area contributed by atoms with Gasteiger partial charge in [-0.3, -0.25) is 14.4 Å². The molecule has 2 aromatic rings. The molecule has 1 aromatic heterocycles. The predicted molar refractivity (Wildman–Crippen MR) is 113 cm³/mol. The van der Waals surface area contributed by atoms with Crippen LogP contribution in [0.2, 0.25) is 0 Å². The number of aromatic nitrogens is 1. The average Bonchev–Trinajstić information content (AvgIpc) is 3.29. The van der Waals surface area contributed by atoms with Crippen LogP contribution in [0.25, 0.3) is 10.9 Å². The minimum absolute atomic E-state index is 0.128. The molecule has 0 aliphatic carbocycles. The number of carboxylic acids is 1. The Morgan fingerprint density at radius 3 is 2.65 bits per heavy atom. The molecule has 9 heteroatoms. The first kappa shape index (κ1) is 22.5. The van der Waals surface area contributed by atoms with Crippen LogP contribution in [-0.4, -0.2) is 51.4 Å². The molecule has 31 heavy (non-hydrogen) atoms. The van der Waals surface area contributed by atoms with Crippen molar-refractivity contribution in [2.24, 2.45) is 18.1 Å². The Labute approximate surface area is 179 Å². The van der Waals surface area contributed by atoms with Gasteiger partial charge in [-0.25, -0.2) is 4.39 Å². The third kappa shape index (κ3) is 4.17. The number of benzene rings is 1. The van der Waals surface area contributed by atoms with Crippen molar-refractivity contribution in [2.75, 3.05) is 6.67 Å². The zero-order valence-electron chi connectivity index (χ0n) is 17.9. The lowest BCUT2D eigenvalue weighted by Crippen LogP contribution is -2.55. The van der Waals surface area contributed by atoms with Crippen molar-refractivity contribution in [3.63, 3.8) is 0 Å². The van der Waals surface area contributed by atoms with Crippen LogP contribution in [-0.2, 0) is 26.3 Å². The second-order valence-corrected chi connectivity index (χ2v) is 8.22. The molecule has 1 aliphatic rings. The highest BCUT2D eigenvalue weighted by molar-refractivity contribution is 6.08. The maximum Gasteiger partial charge on any atom is 0.305 e. The average molecular weight is 431 g/mol. The molecule has 1 aliphatic heterocycles. The molecule has 2 atom stereocenters. The minimum atomic E-state index is -1.47. The zero-order chi connectivity index (χ0) is 22.9. The lowest BCUT2D eigenvalue weighted by atomic mass is 9.84. The Morgan fingerprint density at radius 1 is 1.32 bits per heavy atom. The number of rotatable bonds is 8. The van der Waals surface area contributed by atoms with Gasteiger partial charge in [-0.2, -0.15) is 0 Å². The van der Waals surface area contributed by atoms with Gasteiger partial charge in [0.1, 0.15) is 18.4 Å². The molecular formula is C22H26FN3O5. The highest BCUT2D eigenvalue weighted by Gasteiger charge is 2.50. The van der Waals surface area contributed by atoms with E-state index in [4.69, 9.17) is 9.94 Å². The number of hydrogen-bond acceptors (Lipinski definition) is 5. The van der Waals surface area contributed by atoms with Gasteiger partial charge < -0.3 is 19.8 Å². The number of Topliss-reactive ketones (excluding diaryl/α,β-unsaturated/α-hetero) is 1. The Kier molecular flexibility index (Phi) is 6.15. The van der Waals surface area contributed by atoms with E-state index in [1.165, 1.54) is 0 Å². The zero-order valence-corrected chi connectivity index (χ0v) is 17.9. The van der Waals surface area contributed by atoms with Gasteiger partial charge in [-0.1, -0.05) is 30.6 Å². The first-order valence-electron chi connectivity index (χ1n) is 10.0. The lowest BCUT2D eigenvalue weighted by Gasteiger charge is -2.30. The van der Waals surface area contributed by atoms with E-state index in [1.807, 2.05) is 36.7 Å². The number of amides is 1. The maximum atomic E-state index is 13.1. The van der Waals surface area contributed by atoms with Gasteiger partial charge in [0.15, 0.2) is 5.78 Å². The van der Waals surface area contributed by atoms with Crippen LogP contribution in [0.3, 0.4) is 0 Å². The molecule has 0 bridgehead atoms.